The fourth-order valence-corrected chi connectivity index (χ4v) is 3.85. The van der Waals surface area contributed by atoms with E-state index in [9.17, 15) is 4.79 Å². The van der Waals surface area contributed by atoms with Crippen LogP contribution in [-0.4, -0.2) is 30.4 Å². The molecule has 0 heterocycles. The van der Waals surface area contributed by atoms with E-state index in [4.69, 9.17) is 0 Å². The maximum atomic E-state index is 12.5. The van der Waals surface area contributed by atoms with Crippen molar-refractivity contribution in [2.75, 3.05) is 19.6 Å². The minimum absolute atomic E-state index is 0.0300. The Morgan fingerprint density at radius 3 is 2.54 bits per heavy atom. The lowest BCUT2D eigenvalue weighted by Gasteiger charge is -2.25. The lowest BCUT2D eigenvalue weighted by atomic mass is 9.83. The molecule has 0 saturated carbocycles. The van der Waals surface area contributed by atoms with E-state index in [2.05, 4.69) is 60.5 Å². The van der Waals surface area contributed by atoms with Gasteiger partial charge in [-0.1, -0.05) is 50.2 Å². The van der Waals surface area contributed by atoms with E-state index in [1.54, 1.807) is 0 Å². The monoisotopic (exact) mass is 350 g/mol. The average molecular weight is 351 g/mol. The van der Waals surface area contributed by atoms with E-state index in [-0.39, 0.29) is 5.91 Å². The van der Waals surface area contributed by atoms with Gasteiger partial charge in [0.1, 0.15) is 0 Å². The van der Waals surface area contributed by atoms with Gasteiger partial charge in [-0.3, -0.25) is 9.69 Å². The number of carbonyl (C=O) groups excluding carboxylic acids is 1. The number of benzene rings is 2. The normalized spacial score (nSPS) is 16.3. The van der Waals surface area contributed by atoms with Crippen molar-refractivity contribution < 1.29 is 4.79 Å². The second kappa shape index (κ2) is 9.00. The molecule has 3 rings (SSSR count). The zero-order chi connectivity index (χ0) is 18.4. The van der Waals surface area contributed by atoms with Crippen molar-refractivity contribution in [3.8, 4) is 0 Å². The van der Waals surface area contributed by atoms with E-state index in [0.29, 0.717) is 5.92 Å². The Kier molecular flexibility index (Phi) is 6.45. The molecule has 0 spiro atoms. The highest BCUT2D eigenvalue weighted by molar-refractivity contribution is 5.94. The summed E-state index contributed by atoms with van der Waals surface area (Å²) in [5.41, 5.74) is 4.86. The molecule has 2 aromatic rings. The van der Waals surface area contributed by atoms with Crippen molar-refractivity contribution in [1.82, 2.24) is 10.2 Å². The van der Waals surface area contributed by atoms with Crippen molar-refractivity contribution in [2.45, 2.75) is 45.6 Å². The van der Waals surface area contributed by atoms with Gasteiger partial charge in [0, 0.05) is 24.6 Å². The Morgan fingerprint density at radius 1 is 1.08 bits per heavy atom. The zero-order valence-electron chi connectivity index (χ0n) is 16.0. The minimum atomic E-state index is 0.0300. The number of aryl methyl sites for hydroxylation is 1. The van der Waals surface area contributed by atoms with Crippen molar-refractivity contribution in [2.24, 2.45) is 0 Å². The smallest absolute Gasteiger partial charge is 0.251 e. The maximum Gasteiger partial charge on any atom is 0.251 e. The van der Waals surface area contributed by atoms with Crippen LogP contribution in [0.25, 0.3) is 0 Å². The molecular formula is C23H30N2O. The summed E-state index contributed by atoms with van der Waals surface area (Å²) in [6.07, 6.45) is 3.52. The second-order valence-corrected chi connectivity index (χ2v) is 7.16. The lowest BCUT2D eigenvalue weighted by Crippen LogP contribution is -2.30. The molecule has 2 aromatic carbocycles. The number of nitrogens with zero attached hydrogens (tertiary/aromatic N) is 1. The van der Waals surface area contributed by atoms with Crippen LogP contribution in [0.2, 0.25) is 0 Å². The van der Waals surface area contributed by atoms with Crippen LogP contribution in [0, 0.1) is 0 Å². The molecule has 1 atom stereocenters. The standard InChI is InChI=1S/C23H30N2O/c1-3-25(4-2)17-18-12-14-20(15-13-18)23(26)24-16-21-10-7-9-19-8-5-6-11-22(19)21/h5-6,8,11-15,21H,3-4,7,9-10,16-17H2,1-2H3,(H,24,26). The summed E-state index contributed by atoms with van der Waals surface area (Å²) < 4.78 is 0. The maximum absolute atomic E-state index is 12.5. The highest BCUT2D eigenvalue weighted by atomic mass is 16.1. The first-order chi connectivity index (χ1) is 12.7. The molecule has 3 nitrogen and oxygen atoms in total. The largest absolute Gasteiger partial charge is 0.351 e. The fourth-order valence-electron chi connectivity index (χ4n) is 3.85. The number of amides is 1. The molecule has 138 valence electrons. The summed E-state index contributed by atoms with van der Waals surface area (Å²) in [6.45, 7) is 8.09. The Labute approximate surface area is 157 Å². The van der Waals surface area contributed by atoms with Gasteiger partial charge in [0.15, 0.2) is 0 Å². The highest BCUT2D eigenvalue weighted by Crippen LogP contribution is 2.30. The predicted octanol–water partition coefficient (Wildman–Crippen LogP) is 4.38. The summed E-state index contributed by atoms with van der Waals surface area (Å²) >= 11 is 0. The van der Waals surface area contributed by atoms with Crippen molar-refractivity contribution in [3.63, 3.8) is 0 Å². The fraction of sp³-hybridized carbons (Fsp3) is 0.435. The van der Waals surface area contributed by atoms with E-state index in [0.717, 1.165) is 44.6 Å². The average Bonchev–Trinajstić information content (AvgIpc) is 2.70. The first-order valence-electron chi connectivity index (χ1n) is 9.88. The zero-order valence-corrected chi connectivity index (χ0v) is 16.0. The molecule has 0 aromatic heterocycles. The van der Waals surface area contributed by atoms with Crippen LogP contribution >= 0.6 is 0 Å². The van der Waals surface area contributed by atoms with Crippen LogP contribution in [0.4, 0.5) is 0 Å². The molecular weight excluding hydrogens is 320 g/mol. The molecule has 1 N–H and O–H groups in total. The van der Waals surface area contributed by atoms with Crippen LogP contribution in [0.3, 0.4) is 0 Å². The molecule has 0 aliphatic heterocycles. The summed E-state index contributed by atoms with van der Waals surface area (Å²) in [4.78, 5) is 14.9. The SMILES string of the molecule is CCN(CC)Cc1ccc(C(=O)NCC2CCCc3ccccc32)cc1. The molecule has 1 amide bonds. The number of nitrogens with one attached hydrogen (secondary N) is 1. The Balaban J connectivity index is 1.57. The summed E-state index contributed by atoms with van der Waals surface area (Å²) in [6, 6.07) is 16.7. The first kappa shape index (κ1) is 18.7. The minimum Gasteiger partial charge on any atom is -0.351 e. The van der Waals surface area contributed by atoms with Crippen molar-refractivity contribution >= 4 is 5.91 Å². The van der Waals surface area contributed by atoms with Crippen molar-refractivity contribution in [1.29, 1.82) is 0 Å². The van der Waals surface area contributed by atoms with Crippen molar-refractivity contribution in [3.05, 3.63) is 70.8 Å². The van der Waals surface area contributed by atoms with Gasteiger partial charge in [-0.15, -0.1) is 0 Å². The number of fused-ring (bicyclic) bond motifs is 1. The van der Waals surface area contributed by atoms with Gasteiger partial charge in [-0.05, 0) is 61.2 Å². The third-order valence-corrected chi connectivity index (χ3v) is 5.52. The quantitative estimate of drug-likeness (QED) is 0.804. The molecule has 26 heavy (non-hydrogen) atoms. The molecule has 1 aliphatic rings. The van der Waals surface area contributed by atoms with Gasteiger partial charge >= 0.3 is 0 Å². The van der Waals surface area contributed by atoms with Gasteiger partial charge in [0.05, 0.1) is 0 Å². The lowest BCUT2D eigenvalue weighted by molar-refractivity contribution is 0.0950. The van der Waals surface area contributed by atoms with Crippen LogP contribution in [0.1, 0.15) is 59.7 Å². The second-order valence-electron chi connectivity index (χ2n) is 7.16. The van der Waals surface area contributed by atoms with Crippen LogP contribution < -0.4 is 5.32 Å². The van der Waals surface area contributed by atoms with Gasteiger partial charge < -0.3 is 5.32 Å². The number of carbonyl (C=O) groups is 1. The molecule has 0 bridgehead atoms. The highest BCUT2D eigenvalue weighted by Gasteiger charge is 2.20. The summed E-state index contributed by atoms with van der Waals surface area (Å²) in [5, 5.41) is 3.14. The molecule has 0 saturated heterocycles. The molecule has 0 fully saturated rings. The van der Waals surface area contributed by atoms with E-state index >= 15 is 0 Å². The number of hydrogen-bond acceptors (Lipinski definition) is 2. The Morgan fingerprint density at radius 2 is 1.81 bits per heavy atom. The van der Waals surface area contributed by atoms with E-state index in [1.807, 2.05) is 12.1 Å². The van der Waals surface area contributed by atoms with Crippen LogP contribution in [-0.2, 0) is 13.0 Å². The van der Waals surface area contributed by atoms with Gasteiger partial charge in [-0.2, -0.15) is 0 Å². The Hall–Kier alpha value is -2.13. The molecule has 3 heteroatoms. The van der Waals surface area contributed by atoms with Gasteiger partial charge in [-0.25, -0.2) is 0 Å². The Bertz CT molecular complexity index is 719. The molecule has 1 aliphatic carbocycles. The first-order valence-corrected chi connectivity index (χ1v) is 9.88. The number of hydrogen-bond donors (Lipinski definition) is 1. The van der Waals surface area contributed by atoms with Gasteiger partial charge in [0.25, 0.3) is 5.91 Å². The molecule has 0 radical (unpaired) electrons. The predicted molar refractivity (Wildman–Crippen MR) is 108 cm³/mol. The third kappa shape index (κ3) is 4.53. The van der Waals surface area contributed by atoms with Crippen LogP contribution in [0.15, 0.2) is 48.5 Å². The van der Waals surface area contributed by atoms with E-state index < -0.39 is 0 Å². The molecule has 1 unspecified atom stereocenters. The third-order valence-electron chi connectivity index (χ3n) is 5.52. The topological polar surface area (TPSA) is 32.3 Å². The summed E-state index contributed by atoms with van der Waals surface area (Å²) in [7, 11) is 0. The van der Waals surface area contributed by atoms with E-state index in [1.165, 1.54) is 23.1 Å². The van der Waals surface area contributed by atoms with Gasteiger partial charge in [0.2, 0.25) is 0 Å². The number of rotatable bonds is 7. The summed E-state index contributed by atoms with van der Waals surface area (Å²) in [5.74, 6) is 0.466. The van der Waals surface area contributed by atoms with Crippen LogP contribution in [0.5, 0.6) is 0 Å².